The van der Waals surface area contributed by atoms with Gasteiger partial charge in [0.05, 0.1) is 0 Å². The Balaban J connectivity index is 1.95. The molecule has 0 radical (unpaired) electrons. The van der Waals surface area contributed by atoms with Crippen molar-refractivity contribution < 1.29 is 9.90 Å². The van der Waals surface area contributed by atoms with E-state index in [0.717, 1.165) is 12.5 Å². The fraction of sp³-hybridized carbons (Fsp3) is 0.727. The molecule has 0 bridgehead atoms. The van der Waals surface area contributed by atoms with Crippen molar-refractivity contribution in [2.24, 2.45) is 5.92 Å². The first kappa shape index (κ1) is 12.2. The van der Waals surface area contributed by atoms with E-state index in [2.05, 4.69) is 17.3 Å². The predicted octanol–water partition coefficient (Wildman–Crippen LogP) is 0.559. The highest BCUT2D eigenvalue weighted by Crippen LogP contribution is 2.16. The van der Waals surface area contributed by atoms with Gasteiger partial charge in [0.1, 0.15) is 0 Å². The van der Waals surface area contributed by atoms with Gasteiger partial charge in [-0.3, -0.25) is 0 Å². The smallest absolute Gasteiger partial charge is 0.328 e. The van der Waals surface area contributed by atoms with Crippen molar-refractivity contribution >= 4 is 5.97 Å². The lowest BCUT2D eigenvalue weighted by Crippen LogP contribution is -2.20. The van der Waals surface area contributed by atoms with Gasteiger partial charge in [-0.25, -0.2) is 4.79 Å². The first-order chi connectivity index (χ1) is 7.18. The summed E-state index contributed by atoms with van der Waals surface area (Å²) in [4.78, 5) is 12.5. The molecule has 1 heterocycles. The molecule has 4 heteroatoms. The summed E-state index contributed by atoms with van der Waals surface area (Å²) in [6.45, 7) is 4.04. The summed E-state index contributed by atoms with van der Waals surface area (Å²) >= 11 is 0. The molecule has 0 spiro atoms. The molecule has 1 aliphatic heterocycles. The van der Waals surface area contributed by atoms with Crippen molar-refractivity contribution in [1.82, 2.24) is 10.2 Å². The third-order valence-corrected chi connectivity index (χ3v) is 2.74. The number of nitrogens with one attached hydrogen (secondary N) is 1. The van der Waals surface area contributed by atoms with Crippen LogP contribution in [0.25, 0.3) is 0 Å². The highest BCUT2D eigenvalue weighted by atomic mass is 16.4. The topological polar surface area (TPSA) is 52.6 Å². The number of likely N-dealkylation sites (tertiary alicyclic amines) is 1. The Morgan fingerprint density at radius 2 is 2.47 bits per heavy atom. The molecule has 0 aromatic heterocycles. The lowest BCUT2D eigenvalue weighted by molar-refractivity contribution is -0.131. The Labute approximate surface area is 91.0 Å². The van der Waals surface area contributed by atoms with E-state index >= 15 is 0 Å². The van der Waals surface area contributed by atoms with Gasteiger partial charge in [0.2, 0.25) is 0 Å². The quantitative estimate of drug-likeness (QED) is 0.499. The maximum atomic E-state index is 10.2. The van der Waals surface area contributed by atoms with Gasteiger partial charge in [-0.05, 0) is 38.9 Å². The zero-order valence-corrected chi connectivity index (χ0v) is 9.28. The Hall–Kier alpha value is -0.870. The molecular weight excluding hydrogens is 192 g/mol. The lowest BCUT2D eigenvalue weighted by atomic mass is 10.1. The Bertz CT molecular complexity index is 229. The van der Waals surface area contributed by atoms with E-state index in [-0.39, 0.29) is 0 Å². The van der Waals surface area contributed by atoms with Crippen molar-refractivity contribution in [1.29, 1.82) is 0 Å². The highest BCUT2D eigenvalue weighted by molar-refractivity contribution is 5.79. The number of carboxylic acid groups (broad SMARTS) is 1. The molecule has 1 saturated heterocycles. The van der Waals surface area contributed by atoms with Gasteiger partial charge < -0.3 is 15.3 Å². The SMILES string of the molecule is CN1CCC(CCNC/C=C/C(=O)O)C1. The van der Waals surface area contributed by atoms with Crippen LogP contribution >= 0.6 is 0 Å². The molecule has 1 aliphatic rings. The second-order valence-corrected chi connectivity index (χ2v) is 4.15. The fourth-order valence-electron chi connectivity index (χ4n) is 1.91. The van der Waals surface area contributed by atoms with Crippen molar-refractivity contribution in [2.45, 2.75) is 12.8 Å². The average molecular weight is 212 g/mol. The maximum absolute atomic E-state index is 10.2. The zero-order valence-electron chi connectivity index (χ0n) is 9.28. The number of hydrogen-bond donors (Lipinski definition) is 2. The van der Waals surface area contributed by atoms with E-state index in [4.69, 9.17) is 5.11 Å². The molecule has 0 aromatic carbocycles. The van der Waals surface area contributed by atoms with Crippen LogP contribution in [-0.4, -0.2) is 49.2 Å². The second-order valence-electron chi connectivity index (χ2n) is 4.15. The second kappa shape index (κ2) is 6.58. The number of nitrogens with zero attached hydrogens (tertiary/aromatic N) is 1. The third-order valence-electron chi connectivity index (χ3n) is 2.74. The van der Waals surface area contributed by atoms with Gasteiger partial charge in [0.15, 0.2) is 0 Å². The lowest BCUT2D eigenvalue weighted by Gasteiger charge is -2.09. The Kier molecular flexibility index (Phi) is 5.36. The summed E-state index contributed by atoms with van der Waals surface area (Å²) in [6, 6.07) is 0. The van der Waals surface area contributed by atoms with Crippen LogP contribution in [0.3, 0.4) is 0 Å². The van der Waals surface area contributed by atoms with Crippen LogP contribution in [-0.2, 0) is 4.79 Å². The summed E-state index contributed by atoms with van der Waals surface area (Å²) in [6.07, 6.45) is 5.30. The molecule has 1 rings (SSSR count). The standard InChI is InChI=1S/C11H20N2O2/c1-13-8-5-10(9-13)4-7-12-6-2-3-11(14)15/h2-3,10,12H,4-9H2,1H3,(H,14,15)/b3-2+. The molecule has 1 fully saturated rings. The molecule has 0 amide bonds. The number of rotatable bonds is 6. The van der Waals surface area contributed by atoms with E-state index in [0.29, 0.717) is 6.54 Å². The normalized spacial score (nSPS) is 22.6. The van der Waals surface area contributed by atoms with Crippen LogP contribution in [0.4, 0.5) is 0 Å². The van der Waals surface area contributed by atoms with Crippen LogP contribution in [0.15, 0.2) is 12.2 Å². The van der Waals surface area contributed by atoms with Crippen LogP contribution < -0.4 is 5.32 Å². The number of carbonyl (C=O) groups is 1. The number of hydrogen-bond acceptors (Lipinski definition) is 3. The molecule has 0 aliphatic carbocycles. The molecule has 1 atom stereocenters. The minimum absolute atomic E-state index is 0.648. The van der Waals surface area contributed by atoms with E-state index < -0.39 is 5.97 Å². The number of aliphatic carboxylic acids is 1. The summed E-state index contributed by atoms with van der Waals surface area (Å²) in [5.41, 5.74) is 0. The summed E-state index contributed by atoms with van der Waals surface area (Å²) < 4.78 is 0. The summed E-state index contributed by atoms with van der Waals surface area (Å²) in [5, 5.41) is 11.6. The molecular formula is C11H20N2O2. The first-order valence-corrected chi connectivity index (χ1v) is 5.47. The third kappa shape index (κ3) is 5.54. The highest BCUT2D eigenvalue weighted by Gasteiger charge is 2.18. The molecule has 1 unspecified atom stereocenters. The van der Waals surface area contributed by atoms with Crippen molar-refractivity contribution in [3.63, 3.8) is 0 Å². The Morgan fingerprint density at radius 1 is 1.67 bits per heavy atom. The van der Waals surface area contributed by atoms with Crippen LogP contribution in [0, 0.1) is 5.92 Å². The maximum Gasteiger partial charge on any atom is 0.328 e. The van der Waals surface area contributed by atoms with E-state index in [9.17, 15) is 4.79 Å². The Morgan fingerprint density at radius 3 is 3.07 bits per heavy atom. The monoisotopic (exact) mass is 212 g/mol. The predicted molar refractivity (Wildman–Crippen MR) is 59.9 cm³/mol. The fourth-order valence-corrected chi connectivity index (χ4v) is 1.91. The van der Waals surface area contributed by atoms with Gasteiger partial charge in [-0.15, -0.1) is 0 Å². The molecule has 4 nitrogen and oxygen atoms in total. The largest absolute Gasteiger partial charge is 0.478 e. The van der Waals surface area contributed by atoms with Crippen LogP contribution in [0.5, 0.6) is 0 Å². The van der Waals surface area contributed by atoms with E-state index in [1.54, 1.807) is 6.08 Å². The molecule has 15 heavy (non-hydrogen) atoms. The average Bonchev–Trinajstić information content (AvgIpc) is 2.57. The van der Waals surface area contributed by atoms with E-state index in [1.165, 1.54) is 32.0 Å². The summed E-state index contributed by atoms with van der Waals surface area (Å²) in [5.74, 6) is -0.0693. The van der Waals surface area contributed by atoms with Crippen molar-refractivity contribution in [2.75, 3.05) is 33.2 Å². The van der Waals surface area contributed by atoms with Crippen molar-refractivity contribution in [3.8, 4) is 0 Å². The van der Waals surface area contributed by atoms with Gasteiger partial charge >= 0.3 is 5.97 Å². The van der Waals surface area contributed by atoms with Gasteiger partial charge in [0.25, 0.3) is 0 Å². The number of carboxylic acids is 1. The van der Waals surface area contributed by atoms with Crippen molar-refractivity contribution in [3.05, 3.63) is 12.2 Å². The molecule has 2 N–H and O–H groups in total. The minimum atomic E-state index is -0.880. The molecule has 86 valence electrons. The molecule has 0 aromatic rings. The summed E-state index contributed by atoms with van der Waals surface area (Å²) in [7, 11) is 2.16. The van der Waals surface area contributed by atoms with Gasteiger partial charge in [0, 0.05) is 19.2 Å². The zero-order chi connectivity index (χ0) is 11.1. The first-order valence-electron chi connectivity index (χ1n) is 5.47. The minimum Gasteiger partial charge on any atom is -0.478 e. The molecule has 0 saturated carbocycles. The van der Waals surface area contributed by atoms with Gasteiger partial charge in [-0.1, -0.05) is 6.08 Å². The van der Waals surface area contributed by atoms with E-state index in [1.807, 2.05) is 0 Å². The van der Waals surface area contributed by atoms with Crippen LogP contribution in [0.2, 0.25) is 0 Å². The van der Waals surface area contributed by atoms with Gasteiger partial charge in [-0.2, -0.15) is 0 Å². The van der Waals surface area contributed by atoms with Crippen LogP contribution in [0.1, 0.15) is 12.8 Å².